The number of hydrogen-bond acceptors (Lipinski definition) is 6. The van der Waals surface area contributed by atoms with Gasteiger partial charge in [0.15, 0.2) is 4.34 Å². The third-order valence-electron chi connectivity index (χ3n) is 3.74. The molecule has 0 unspecified atom stereocenters. The van der Waals surface area contributed by atoms with Gasteiger partial charge in [0.05, 0.1) is 4.90 Å². The molecule has 0 saturated heterocycles. The van der Waals surface area contributed by atoms with Gasteiger partial charge in [-0.3, -0.25) is 4.79 Å². The van der Waals surface area contributed by atoms with Crippen molar-refractivity contribution in [2.24, 2.45) is 0 Å². The standard InChI is InChI=1S/C20H19N3O3S3/c1-3-11-21-29(25,26)18-6-4-5-15(12-18)19(24)23-16-7-9-17(10-8-16)28-20-22-14(2)13-27-20/h3-10,12-13,21H,1,11H2,2H3,(H,23,24). The molecule has 0 radical (unpaired) electrons. The summed E-state index contributed by atoms with van der Waals surface area (Å²) in [6, 6.07) is 13.3. The summed E-state index contributed by atoms with van der Waals surface area (Å²) in [6.45, 7) is 5.55. The molecule has 1 heterocycles. The third kappa shape index (κ3) is 5.77. The molecular weight excluding hydrogens is 426 g/mol. The summed E-state index contributed by atoms with van der Waals surface area (Å²) >= 11 is 3.14. The van der Waals surface area contributed by atoms with Crippen molar-refractivity contribution in [3.05, 3.63) is 77.8 Å². The van der Waals surface area contributed by atoms with E-state index in [9.17, 15) is 13.2 Å². The fourth-order valence-electron chi connectivity index (χ4n) is 2.35. The van der Waals surface area contributed by atoms with Crippen molar-refractivity contribution in [1.29, 1.82) is 0 Å². The molecule has 0 fully saturated rings. The van der Waals surface area contributed by atoms with Crippen molar-refractivity contribution in [2.45, 2.75) is 21.1 Å². The van der Waals surface area contributed by atoms with Gasteiger partial charge >= 0.3 is 0 Å². The molecule has 0 aliphatic heterocycles. The van der Waals surface area contributed by atoms with Crippen LogP contribution in [-0.4, -0.2) is 25.9 Å². The number of sulfonamides is 1. The van der Waals surface area contributed by atoms with Crippen molar-refractivity contribution >= 4 is 44.7 Å². The van der Waals surface area contributed by atoms with Crippen molar-refractivity contribution < 1.29 is 13.2 Å². The van der Waals surface area contributed by atoms with Crippen molar-refractivity contribution in [1.82, 2.24) is 9.71 Å². The third-order valence-corrected chi connectivity index (χ3v) is 7.23. The minimum atomic E-state index is -3.69. The number of anilines is 1. The highest BCUT2D eigenvalue weighted by Crippen LogP contribution is 2.30. The SMILES string of the molecule is C=CCNS(=O)(=O)c1cccc(C(=O)Nc2ccc(Sc3nc(C)cs3)cc2)c1. The van der Waals surface area contributed by atoms with Gasteiger partial charge in [-0.15, -0.1) is 17.9 Å². The predicted octanol–water partition coefficient (Wildman–Crippen LogP) is 4.32. The van der Waals surface area contributed by atoms with E-state index < -0.39 is 10.0 Å². The molecule has 2 aromatic carbocycles. The van der Waals surface area contributed by atoms with Crippen LogP contribution in [0.5, 0.6) is 0 Å². The average Bonchev–Trinajstić information content (AvgIpc) is 3.12. The van der Waals surface area contributed by atoms with Gasteiger partial charge in [-0.25, -0.2) is 18.1 Å². The second-order valence-corrected chi connectivity index (χ2v) is 9.95. The number of rotatable bonds is 8. The Morgan fingerprint density at radius 2 is 2.00 bits per heavy atom. The molecule has 29 heavy (non-hydrogen) atoms. The van der Waals surface area contributed by atoms with Crippen molar-refractivity contribution in [2.75, 3.05) is 11.9 Å². The Morgan fingerprint density at radius 3 is 2.66 bits per heavy atom. The van der Waals surface area contributed by atoms with Gasteiger partial charge in [0.25, 0.3) is 5.91 Å². The number of carbonyl (C=O) groups excluding carboxylic acids is 1. The molecule has 1 aromatic heterocycles. The lowest BCUT2D eigenvalue weighted by atomic mass is 10.2. The van der Waals surface area contributed by atoms with E-state index in [0.29, 0.717) is 5.69 Å². The molecule has 0 atom stereocenters. The first-order valence-electron chi connectivity index (χ1n) is 8.59. The lowest BCUT2D eigenvalue weighted by molar-refractivity contribution is 0.102. The van der Waals surface area contributed by atoms with E-state index in [0.717, 1.165) is 14.9 Å². The van der Waals surface area contributed by atoms with E-state index in [1.54, 1.807) is 41.3 Å². The lowest BCUT2D eigenvalue weighted by Crippen LogP contribution is -2.24. The van der Waals surface area contributed by atoms with Crippen LogP contribution in [0.2, 0.25) is 0 Å². The Labute approximate surface area is 178 Å². The number of hydrogen-bond donors (Lipinski definition) is 2. The van der Waals surface area contributed by atoms with Crippen LogP contribution >= 0.6 is 23.1 Å². The number of nitrogens with zero attached hydrogens (tertiary/aromatic N) is 1. The summed E-state index contributed by atoms with van der Waals surface area (Å²) in [7, 11) is -3.69. The highest BCUT2D eigenvalue weighted by molar-refractivity contribution is 8.01. The van der Waals surface area contributed by atoms with Gasteiger partial charge in [-0.2, -0.15) is 0 Å². The molecule has 1 amide bonds. The highest BCUT2D eigenvalue weighted by Gasteiger charge is 2.15. The van der Waals surface area contributed by atoms with Crippen LogP contribution < -0.4 is 10.0 Å². The molecule has 9 heteroatoms. The minimum Gasteiger partial charge on any atom is -0.322 e. The molecule has 2 N–H and O–H groups in total. The molecule has 0 saturated carbocycles. The Kier molecular flexibility index (Phi) is 6.86. The maximum atomic E-state index is 12.5. The monoisotopic (exact) mass is 445 g/mol. The zero-order valence-electron chi connectivity index (χ0n) is 15.6. The number of nitrogens with one attached hydrogen (secondary N) is 2. The summed E-state index contributed by atoms with van der Waals surface area (Å²) < 4.78 is 27.8. The molecule has 3 aromatic rings. The predicted molar refractivity (Wildman–Crippen MR) is 117 cm³/mol. The largest absolute Gasteiger partial charge is 0.322 e. The lowest BCUT2D eigenvalue weighted by Gasteiger charge is -2.09. The molecule has 0 aliphatic rings. The Bertz CT molecular complexity index is 1120. The van der Waals surface area contributed by atoms with E-state index >= 15 is 0 Å². The van der Waals surface area contributed by atoms with Gasteiger partial charge in [-0.05, 0) is 49.4 Å². The van der Waals surface area contributed by atoms with E-state index in [1.807, 2.05) is 24.4 Å². The van der Waals surface area contributed by atoms with Crippen LogP contribution in [0.15, 0.2) is 80.7 Å². The van der Waals surface area contributed by atoms with Crippen LogP contribution in [0.4, 0.5) is 5.69 Å². The van der Waals surface area contributed by atoms with Crippen LogP contribution in [0.25, 0.3) is 0 Å². The molecule has 6 nitrogen and oxygen atoms in total. The summed E-state index contributed by atoms with van der Waals surface area (Å²) in [6.07, 6.45) is 1.45. The van der Waals surface area contributed by atoms with Gasteiger partial charge in [0.1, 0.15) is 0 Å². The molecule has 3 rings (SSSR count). The van der Waals surface area contributed by atoms with Crippen LogP contribution in [-0.2, 0) is 10.0 Å². The first kappa shape index (κ1) is 21.3. The molecule has 0 bridgehead atoms. The fourth-order valence-corrected chi connectivity index (χ4v) is 5.20. The second kappa shape index (κ2) is 9.36. The first-order chi connectivity index (χ1) is 13.9. The maximum Gasteiger partial charge on any atom is 0.255 e. The average molecular weight is 446 g/mol. The van der Waals surface area contributed by atoms with Crippen molar-refractivity contribution in [3.8, 4) is 0 Å². The second-order valence-electron chi connectivity index (χ2n) is 6.00. The zero-order chi connectivity index (χ0) is 20.9. The topological polar surface area (TPSA) is 88.2 Å². The number of carbonyl (C=O) groups is 1. The van der Waals surface area contributed by atoms with E-state index in [1.165, 1.54) is 24.3 Å². The van der Waals surface area contributed by atoms with E-state index in [2.05, 4.69) is 21.6 Å². The number of aryl methyl sites for hydroxylation is 1. The summed E-state index contributed by atoms with van der Waals surface area (Å²) in [5.74, 6) is -0.387. The van der Waals surface area contributed by atoms with Gasteiger partial charge in [0.2, 0.25) is 10.0 Å². The highest BCUT2D eigenvalue weighted by atomic mass is 32.2. The zero-order valence-corrected chi connectivity index (χ0v) is 18.0. The number of benzene rings is 2. The smallest absolute Gasteiger partial charge is 0.255 e. The van der Waals surface area contributed by atoms with Crippen LogP contribution in [0.1, 0.15) is 16.1 Å². The molecule has 150 valence electrons. The maximum absolute atomic E-state index is 12.5. The van der Waals surface area contributed by atoms with Crippen molar-refractivity contribution in [3.63, 3.8) is 0 Å². The van der Waals surface area contributed by atoms with Gasteiger partial charge in [0, 0.05) is 33.8 Å². The Balaban J connectivity index is 1.68. The van der Waals surface area contributed by atoms with E-state index in [-0.39, 0.29) is 22.9 Å². The Hall–Kier alpha value is -2.46. The quantitative estimate of drug-likeness (QED) is 0.504. The first-order valence-corrected chi connectivity index (χ1v) is 11.8. The van der Waals surface area contributed by atoms with Crippen LogP contribution in [0.3, 0.4) is 0 Å². The molecule has 0 aliphatic carbocycles. The fraction of sp³-hybridized carbons (Fsp3) is 0.100. The van der Waals surface area contributed by atoms with Crippen LogP contribution in [0, 0.1) is 6.92 Å². The Morgan fingerprint density at radius 1 is 1.24 bits per heavy atom. The van der Waals surface area contributed by atoms with E-state index in [4.69, 9.17) is 0 Å². The molecular formula is C20H19N3O3S3. The molecule has 0 spiro atoms. The summed E-state index contributed by atoms with van der Waals surface area (Å²) in [4.78, 5) is 18.0. The summed E-state index contributed by atoms with van der Waals surface area (Å²) in [5, 5.41) is 4.78. The number of aromatic nitrogens is 1. The number of thiazole rings is 1. The number of amides is 1. The van der Waals surface area contributed by atoms with Gasteiger partial charge < -0.3 is 5.32 Å². The minimum absolute atomic E-state index is 0.0255. The normalized spacial score (nSPS) is 11.2. The summed E-state index contributed by atoms with van der Waals surface area (Å²) in [5.41, 5.74) is 1.86. The van der Waals surface area contributed by atoms with Gasteiger partial charge in [-0.1, -0.05) is 23.9 Å².